The van der Waals surface area contributed by atoms with Crippen LogP contribution in [0.5, 0.6) is 0 Å². The number of rotatable bonds is 5. The van der Waals surface area contributed by atoms with Crippen LogP contribution in [0.3, 0.4) is 0 Å². The SMILES string of the molecule is CC(=O)c1cccc(NC(=O)C(C)Sc2c(Cl)cccc2Cl)c1. The molecule has 120 valence electrons. The molecule has 6 heteroatoms. The van der Waals surface area contributed by atoms with Crippen LogP contribution in [-0.2, 0) is 4.79 Å². The van der Waals surface area contributed by atoms with Crippen molar-refractivity contribution >= 4 is 52.3 Å². The van der Waals surface area contributed by atoms with Gasteiger partial charge in [0, 0.05) is 16.1 Å². The minimum atomic E-state index is -0.395. The Hall–Kier alpha value is -1.49. The van der Waals surface area contributed by atoms with E-state index in [1.54, 1.807) is 49.4 Å². The highest BCUT2D eigenvalue weighted by Gasteiger charge is 2.18. The molecule has 1 amide bonds. The zero-order valence-electron chi connectivity index (χ0n) is 12.6. The fourth-order valence-corrected chi connectivity index (χ4v) is 3.43. The van der Waals surface area contributed by atoms with Crippen molar-refractivity contribution in [2.75, 3.05) is 5.32 Å². The molecule has 2 aromatic rings. The number of Topliss-reactive ketones (excluding diaryl/α,β-unsaturated/α-hetero) is 1. The van der Waals surface area contributed by atoms with Crippen LogP contribution in [0.4, 0.5) is 5.69 Å². The molecular weight excluding hydrogens is 353 g/mol. The van der Waals surface area contributed by atoms with Crippen LogP contribution in [0.2, 0.25) is 10.0 Å². The third-order valence-electron chi connectivity index (χ3n) is 3.12. The van der Waals surface area contributed by atoms with Crippen LogP contribution in [0.25, 0.3) is 0 Å². The van der Waals surface area contributed by atoms with E-state index in [4.69, 9.17) is 23.2 Å². The Labute approximate surface area is 149 Å². The molecule has 0 saturated heterocycles. The molecule has 0 aliphatic heterocycles. The Kier molecular flexibility index (Phi) is 6.10. The number of anilines is 1. The first kappa shape index (κ1) is 17.9. The van der Waals surface area contributed by atoms with Crippen molar-refractivity contribution in [3.05, 3.63) is 58.1 Å². The monoisotopic (exact) mass is 367 g/mol. The van der Waals surface area contributed by atoms with E-state index in [-0.39, 0.29) is 11.7 Å². The van der Waals surface area contributed by atoms with Crippen LogP contribution in [0.1, 0.15) is 24.2 Å². The average Bonchev–Trinajstić information content (AvgIpc) is 2.51. The molecule has 0 aliphatic rings. The summed E-state index contributed by atoms with van der Waals surface area (Å²) in [6.45, 7) is 3.26. The normalized spacial score (nSPS) is 11.8. The summed E-state index contributed by atoms with van der Waals surface area (Å²) in [6, 6.07) is 12.1. The maximum absolute atomic E-state index is 12.3. The molecule has 0 bridgehead atoms. The number of nitrogens with one attached hydrogen (secondary N) is 1. The van der Waals surface area contributed by atoms with Crippen molar-refractivity contribution in [1.29, 1.82) is 0 Å². The molecular formula is C17H15Cl2NO2S. The minimum absolute atomic E-state index is 0.0497. The number of carbonyl (C=O) groups excluding carboxylic acids is 2. The zero-order valence-corrected chi connectivity index (χ0v) is 14.9. The van der Waals surface area contributed by atoms with Gasteiger partial charge in [-0.25, -0.2) is 0 Å². The number of carbonyl (C=O) groups is 2. The second-order valence-electron chi connectivity index (χ2n) is 4.94. The molecule has 0 aromatic heterocycles. The number of hydrogen-bond donors (Lipinski definition) is 1. The molecule has 2 rings (SSSR count). The lowest BCUT2D eigenvalue weighted by molar-refractivity contribution is -0.115. The van der Waals surface area contributed by atoms with E-state index in [1.807, 2.05) is 0 Å². The van der Waals surface area contributed by atoms with Gasteiger partial charge in [0.2, 0.25) is 5.91 Å². The summed E-state index contributed by atoms with van der Waals surface area (Å²) in [4.78, 5) is 24.4. The number of halogens is 2. The maximum Gasteiger partial charge on any atom is 0.237 e. The summed E-state index contributed by atoms with van der Waals surface area (Å²) in [5.74, 6) is -0.238. The fraction of sp³-hybridized carbons (Fsp3) is 0.176. The van der Waals surface area contributed by atoms with E-state index in [1.165, 1.54) is 18.7 Å². The highest BCUT2D eigenvalue weighted by Crippen LogP contribution is 2.36. The van der Waals surface area contributed by atoms with Crippen molar-refractivity contribution in [3.8, 4) is 0 Å². The second kappa shape index (κ2) is 7.86. The van der Waals surface area contributed by atoms with Gasteiger partial charge in [0.05, 0.1) is 15.3 Å². The fourth-order valence-electron chi connectivity index (χ4n) is 1.89. The maximum atomic E-state index is 12.3. The Morgan fingerprint density at radius 3 is 2.30 bits per heavy atom. The van der Waals surface area contributed by atoms with Gasteiger partial charge in [-0.05, 0) is 38.1 Å². The number of hydrogen-bond acceptors (Lipinski definition) is 3. The smallest absolute Gasteiger partial charge is 0.237 e. The van der Waals surface area contributed by atoms with E-state index in [0.29, 0.717) is 26.2 Å². The molecule has 0 aliphatic carbocycles. The van der Waals surface area contributed by atoms with E-state index in [2.05, 4.69) is 5.32 Å². The molecule has 0 spiro atoms. The van der Waals surface area contributed by atoms with Gasteiger partial charge in [-0.1, -0.05) is 41.4 Å². The standard InChI is InChI=1S/C17H15Cl2NO2S/c1-10(21)12-5-3-6-13(9-12)20-17(22)11(2)23-16-14(18)7-4-8-15(16)19/h3-9,11H,1-2H3,(H,20,22). The molecule has 23 heavy (non-hydrogen) atoms. The number of amides is 1. The lowest BCUT2D eigenvalue weighted by Crippen LogP contribution is -2.22. The topological polar surface area (TPSA) is 46.2 Å². The largest absolute Gasteiger partial charge is 0.325 e. The third kappa shape index (κ3) is 4.74. The summed E-state index contributed by atoms with van der Waals surface area (Å²) >= 11 is 13.5. The summed E-state index contributed by atoms with van der Waals surface area (Å²) in [7, 11) is 0. The van der Waals surface area contributed by atoms with Gasteiger partial charge in [0.15, 0.2) is 5.78 Å². The Morgan fingerprint density at radius 1 is 1.09 bits per heavy atom. The molecule has 0 radical (unpaired) electrons. The first-order valence-corrected chi connectivity index (χ1v) is 8.54. The van der Waals surface area contributed by atoms with Gasteiger partial charge in [0.1, 0.15) is 0 Å². The van der Waals surface area contributed by atoms with E-state index >= 15 is 0 Å². The van der Waals surface area contributed by atoms with E-state index in [9.17, 15) is 9.59 Å². The Bertz CT molecular complexity index is 729. The van der Waals surface area contributed by atoms with Crippen molar-refractivity contribution in [1.82, 2.24) is 0 Å². The van der Waals surface area contributed by atoms with Crippen LogP contribution >= 0.6 is 35.0 Å². The van der Waals surface area contributed by atoms with Gasteiger partial charge in [-0.3, -0.25) is 9.59 Å². The zero-order chi connectivity index (χ0) is 17.0. The number of benzene rings is 2. The minimum Gasteiger partial charge on any atom is -0.325 e. The second-order valence-corrected chi connectivity index (χ2v) is 7.10. The van der Waals surface area contributed by atoms with E-state index < -0.39 is 5.25 Å². The first-order chi connectivity index (χ1) is 10.9. The van der Waals surface area contributed by atoms with E-state index in [0.717, 1.165) is 0 Å². The van der Waals surface area contributed by atoms with Gasteiger partial charge in [-0.15, -0.1) is 11.8 Å². The summed E-state index contributed by atoms with van der Waals surface area (Å²) < 4.78 is 0. The first-order valence-electron chi connectivity index (χ1n) is 6.91. The van der Waals surface area contributed by atoms with Crippen LogP contribution < -0.4 is 5.32 Å². The number of ketones is 1. The van der Waals surface area contributed by atoms with Crippen molar-refractivity contribution < 1.29 is 9.59 Å². The lowest BCUT2D eigenvalue weighted by Gasteiger charge is -2.14. The van der Waals surface area contributed by atoms with Gasteiger partial charge >= 0.3 is 0 Å². The molecule has 0 fully saturated rings. The molecule has 0 saturated carbocycles. The summed E-state index contributed by atoms with van der Waals surface area (Å²) in [6.07, 6.45) is 0. The summed E-state index contributed by atoms with van der Waals surface area (Å²) in [5, 5.41) is 3.43. The molecule has 3 nitrogen and oxygen atoms in total. The molecule has 1 unspecified atom stereocenters. The Balaban J connectivity index is 2.08. The number of thioether (sulfide) groups is 1. The molecule has 2 aromatic carbocycles. The summed E-state index contributed by atoms with van der Waals surface area (Å²) in [5.41, 5.74) is 1.14. The average molecular weight is 368 g/mol. The van der Waals surface area contributed by atoms with Gasteiger partial charge in [0.25, 0.3) is 0 Å². The third-order valence-corrected chi connectivity index (χ3v) is 5.22. The van der Waals surface area contributed by atoms with Crippen molar-refractivity contribution in [2.24, 2.45) is 0 Å². The highest BCUT2D eigenvalue weighted by atomic mass is 35.5. The molecule has 0 heterocycles. The van der Waals surface area contributed by atoms with Crippen LogP contribution in [0, 0.1) is 0 Å². The van der Waals surface area contributed by atoms with Crippen LogP contribution in [-0.4, -0.2) is 16.9 Å². The highest BCUT2D eigenvalue weighted by molar-refractivity contribution is 8.00. The van der Waals surface area contributed by atoms with Gasteiger partial charge < -0.3 is 5.32 Å². The quantitative estimate of drug-likeness (QED) is 0.574. The van der Waals surface area contributed by atoms with Crippen molar-refractivity contribution in [3.63, 3.8) is 0 Å². The Morgan fingerprint density at radius 2 is 1.70 bits per heavy atom. The van der Waals surface area contributed by atoms with Crippen LogP contribution in [0.15, 0.2) is 47.4 Å². The predicted octanol–water partition coefficient (Wildman–Crippen LogP) is 5.32. The lowest BCUT2D eigenvalue weighted by atomic mass is 10.1. The predicted molar refractivity (Wildman–Crippen MR) is 96.9 cm³/mol. The van der Waals surface area contributed by atoms with Gasteiger partial charge in [-0.2, -0.15) is 0 Å². The molecule has 1 atom stereocenters. The molecule has 1 N–H and O–H groups in total. The van der Waals surface area contributed by atoms with Crippen molar-refractivity contribution in [2.45, 2.75) is 24.0 Å².